The number of carbonyl (C=O) groups is 1. The number of aryl methyl sites for hydroxylation is 1. The van der Waals surface area contributed by atoms with E-state index in [1.165, 1.54) is 5.56 Å². The molecule has 0 radical (unpaired) electrons. The third-order valence-electron chi connectivity index (χ3n) is 2.45. The van der Waals surface area contributed by atoms with E-state index >= 15 is 0 Å². The van der Waals surface area contributed by atoms with Gasteiger partial charge in [-0.05, 0) is 37.0 Å². The lowest BCUT2D eigenvalue weighted by Crippen LogP contribution is -1.92. The van der Waals surface area contributed by atoms with Crippen LogP contribution in [0.3, 0.4) is 0 Å². The van der Waals surface area contributed by atoms with Crippen molar-refractivity contribution >= 4 is 6.29 Å². The number of hydrogen-bond donors (Lipinski definition) is 0. The summed E-state index contributed by atoms with van der Waals surface area (Å²) in [7, 11) is 3.29. The molecule has 0 saturated heterocycles. The Kier molecular flexibility index (Phi) is 5.40. The maximum absolute atomic E-state index is 10.2. The van der Waals surface area contributed by atoms with E-state index in [2.05, 4.69) is 0 Å². The Morgan fingerprint density at radius 1 is 1.06 bits per heavy atom. The van der Waals surface area contributed by atoms with E-state index in [-0.39, 0.29) is 0 Å². The van der Waals surface area contributed by atoms with E-state index in [1.807, 2.05) is 18.2 Å². The third-order valence-corrected chi connectivity index (χ3v) is 2.45. The first-order chi connectivity index (χ1) is 7.80. The van der Waals surface area contributed by atoms with Gasteiger partial charge >= 0.3 is 0 Å². The molecule has 0 spiro atoms. The summed E-state index contributed by atoms with van der Waals surface area (Å²) in [5.74, 6) is 1.62. The van der Waals surface area contributed by atoms with Gasteiger partial charge in [-0.3, -0.25) is 0 Å². The fraction of sp³-hybridized carbons (Fsp3) is 0.462. The standard InChI is InChI=1S/C13H18O3/c1-15-12-8-11(6-4-3-5-7-14)9-13(10-12)16-2/h7-10H,3-6H2,1-2H3. The van der Waals surface area contributed by atoms with E-state index in [0.29, 0.717) is 6.42 Å². The highest BCUT2D eigenvalue weighted by molar-refractivity contribution is 5.49. The van der Waals surface area contributed by atoms with Crippen molar-refractivity contribution in [1.29, 1.82) is 0 Å². The van der Waals surface area contributed by atoms with E-state index < -0.39 is 0 Å². The summed E-state index contributed by atoms with van der Waals surface area (Å²) < 4.78 is 10.4. The quantitative estimate of drug-likeness (QED) is 0.525. The number of carbonyl (C=O) groups excluding carboxylic acids is 1. The molecule has 0 aromatic heterocycles. The van der Waals surface area contributed by atoms with Crippen molar-refractivity contribution in [2.24, 2.45) is 0 Å². The van der Waals surface area contributed by atoms with E-state index in [1.54, 1.807) is 14.2 Å². The lowest BCUT2D eigenvalue weighted by atomic mass is 10.1. The molecule has 3 nitrogen and oxygen atoms in total. The van der Waals surface area contributed by atoms with Gasteiger partial charge in [-0.25, -0.2) is 0 Å². The molecule has 16 heavy (non-hydrogen) atoms. The summed E-state index contributed by atoms with van der Waals surface area (Å²) in [6.45, 7) is 0. The van der Waals surface area contributed by atoms with E-state index in [4.69, 9.17) is 9.47 Å². The van der Waals surface area contributed by atoms with Gasteiger partial charge in [0.05, 0.1) is 14.2 Å². The predicted octanol–water partition coefficient (Wildman–Crippen LogP) is 2.62. The van der Waals surface area contributed by atoms with Gasteiger partial charge in [0.25, 0.3) is 0 Å². The van der Waals surface area contributed by atoms with Gasteiger partial charge in [-0.15, -0.1) is 0 Å². The molecule has 0 unspecified atom stereocenters. The first kappa shape index (κ1) is 12.6. The Morgan fingerprint density at radius 3 is 2.19 bits per heavy atom. The monoisotopic (exact) mass is 222 g/mol. The van der Waals surface area contributed by atoms with E-state index in [9.17, 15) is 4.79 Å². The molecule has 1 aromatic carbocycles. The second kappa shape index (κ2) is 6.88. The van der Waals surface area contributed by atoms with Crippen LogP contribution in [0.4, 0.5) is 0 Å². The zero-order valence-electron chi connectivity index (χ0n) is 9.86. The lowest BCUT2D eigenvalue weighted by molar-refractivity contribution is -0.107. The zero-order valence-corrected chi connectivity index (χ0v) is 9.86. The van der Waals surface area contributed by atoms with Gasteiger partial charge in [-0.2, -0.15) is 0 Å². The molecule has 0 bridgehead atoms. The largest absolute Gasteiger partial charge is 0.497 e. The number of ether oxygens (including phenoxy) is 2. The van der Waals surface area contributed by atoms with Crippen LogP contribution in [0.15, 0.2) is 18.2 Å². The topological polar surface area (TPSA) is 35.5 Å². The first-order valence-electron chi connectivity index (χ1n) is 5.45. The van der Waals surface area contributed by atoms with Crippen molar-refractivity contribution in [2.45, 2.75) is 25.7 Å². The number of hydrogen-bond acceptors (Lipinski definition) is 3. The van der Waals surface area contributed by atoms with Crippen LogP contribution in [0, 0.1) is 0 Å². The number of aldehydes is 1. The molecule has 0 heterocycles. The van der Waals surface area contributed by atoms with Gasteiger partial charge in [0.2, 0.25) is 0 Å². The minimum Gasteiger partial charge on any atom is -0.497 e. The molecule has 0 fully saturated rings. The van der Waals surface area contributed by atoms with Gasteiger partial charge < -0.3 is 14.3 Å². The van der Waals surface area contributed by atoms with Gasteiger partial charge in [-0.1, -0.05) is 0 Å². The van der Waals surface area contributed by atoms with Crippen LogP contribution in [0.5, 0.6) is 11.5 Å². The number of unbranched alkanes of at least 4 members (excludes halogenated alkanes) is 2. The smallest absolute Gasteiger partial charge is 0.122 e. The molecule has 0 aliphatic rings. The Balaban J connectivity index is 2.60. The lowest BCUT2D eigenvalue weighted by Gasteiger charge is -2.08. The summed E-state index contributed by atoms with van der Waals surface area (Å²) in [6, 6.07) is 5.86. The number of benzene rings is 1. The van der Waals surface area contributed by atoms with Crippen molar-refractivity contribution < 1.29 is 14.3 Å². The summed E-state index contributed by atoms with van der Waals surface area (Å²) in [5.41, 5.74) is 1.18. The molecule has 3 heteroatoms. The molecular formula is C13H18O3. The second-order valence-electron chi connectivity index (χ2n) is 3.63. The minimum absolute atomic E-state index is 0.640. The predicted molar refractivity (Wildman–Crippen MR) is 63.2 cm³/mol. The fourth-order valence-corrected chi connectivity index (χ4v) is 1.57. The van der Waals surface area contributed by atoms with Crippen molar-refractivity contribution in [2.75, 3.05) is 14.2 Å². The highest BCUT2D eigenvalue weighted by Crippen LogP contribution is 2.23. The Labute approximate surface area is 96.4 Å². The van der Waals surface area contributed by atoms with Crippen molar-refractivity contribution in [3.8, 4) is 11.5 Å². The third kappa shape index (κ3) is 3.93. The van der Waals surface area contributed by atoms with Gasteiger partial charge in [0.15, 0.2) is 0 Å². The molecule has 0 atom stereocenters. The van der Waals surface area contributed by atoms with Crippen LogP contribution in [0.2, 0.25) is 0 Å². The highest BCUT2D eigenvalue weighted by Gasteiger charge is 2.01. The molecule has 0 aliphatic carbocycles. The average Bonchev–Trinajstić information content (AvgIpc) is 2.34. The molecule has 0 aliphatic heterocycles. The summed E-state index contributed by atoms with van der Waals surface area (Å²) in [5, 5.41) is 0. The average molecular weight is 222 g/mol. The van der Waals surface area contributed by atoms with Crippen LogP contribution in [0.1, 0.15) is 24.8 Å². The van der Waals surface area contributed by atoms with Crippen LogP contribution in [-0.4, -0.2) is 20.5 Å². The highest BCUT2D eigenvalue weighted by atomic mass is 16.5. The molecule has 0 amide bonds. The SMILES string of the molecule is COc1cc(CCCCC=O)cc(OC)c1. The fourth-order valence-electron chi connectivity index (χ4n) is 1.57. The zero-order chi connectivity index (χ0) is 11.8. The maximum Gasteiger partial charge on any atom is 0.122 e. The first-order valence-corrected chi connectivity index (χ1v) is 5.45. The summed E-state index contributed by atoms with van der Waals surface area (Å²) in [4.78, 5) is 10.2. The molecule has 0 N–H and O–H groups in total. The molecular weight excluding hydrogens is 204 g/mol. The molecule has 0 saturated carbocycles. The van der Waals surface area contributed by atoms with Crippen molar-refractivity contribution in [1.82, 2.24) is 0 Å². The van der Waals surface area contributed by atoms with Crippen LogP contribution < -0.4 is 9.47 Å². The minimum atomic E-state index is 0.640. The second-order valence-corrected chi connectivity index (χ2v) is 3.63. The van der Waals surface area contributed by atoms with Gasteiger partial charge in [0, 0.05) is 12.5 Å². The maximum atomic E-state index is 10.2. The summed E-state index contributed by atoms with van der Waals surface area (Å²) in [6.07, 6.45) is 4.49. The normalized spacial score (nSPS) is 9.88. The number of methoxy groups -OCH3 is 2. The van der Waals surface area contributed by atoms with Crippen LogP contribution >= 0.6 is 0 Å². The van der Waals surface area contributed by atoms with Gasteiger partial charge in [0.1, 0.15) is 17.8 Å². The molecule has 88 valence electrons. The van der Waals surface area contributed by atoms with Crippen molar-refractivity contribution in [3.05, 3.63) is 23.8 Å². The summed E-state index contributed by atoms with van der Waals surface area (Å²) >= 11 is 0. The van der Waals surface area contributed by atoms with E-state index in [0.717, 1.165) is 37.0 Å². The molecule has 1 rings (SSSR count). The molecule has 1 aromatic rings. The number of rotatable bonds is 7. The Morgan fingerprint density at radius 2 is 1.69 bits per heavy atom. The van der Waals surface area contributed by atoms with Crippen LogP contribution in [-0.2, 0) is 11.2 Å². The van der Waals surface area contributed by atoms with Crippen LogP contribution in [0.25, 0.3) is 0 Å². The Hall–Kier alpha value is -1.51. The Bertz CT molecular complexity index is 312. The van der Waals surface area contributed by atoms with Crippen molar-refractivity contribution in [3.63, 3.8) is 0 Å².